The highest BCUT2D eigenvalue weighted by molar-refractivity contribution is 7.20. The smallest absolute Gasteiger partial charge is 0.271 e. The highest BCUT2D eigenvalue weighted by Gasteiger charge is 2.47. The maximum absolute atomic E-state index is 14.2. The van der Waals surface area contributed by atoms with Crippen molar-refractivity contribution in [1.82, 2.24) is 0 Å². The maximum atomic E-state index is 14.2. The van der Waals surface area contributed by atoms with Crippen LogP contribution < -0.4 is 31.4 Å². The van der Waals surface area contributed by atoms with E-state index in [0.717, 1.165) is 12.8 Å². The van der Waals surface area contributed by atoms with E-state index in [2.05, 4.69) is 6.07 Å². The summed E-state index contributed by atoms with van der Waals surface area (Å²) in [5.41, 5.74) is -30.2. The van der Waals surface area contributed by atoms with Crippen molar-refractivity contribution in [3.8, 4) is 6.07 Å². The van der Waals surface area contributed by atoms with Gasteiger partial charge in [-0.25, -0.2) is 0 Å². The van der Waals surface area contributed by atoms with Gasteiger partial charge in [0.25, 0.3) is 0 Å². The van der Waals surface area contributed by atoms with Gasteiger partial charge in [-0.05, 0) is 37.1 Å². The Kier molecular flexibility index (Phi) is 16.0. The van der Waals surface area contributed by atoms with E-state index in [1.54, 1.807) is 4.73 Å². The van der Waals surface area contributed by atoms with Crippen LogP contribution in [-0.2, 0) is 49.4 Å². The maximum Gasteiger partial charge on any atom is 0.416 e. The number of hydrogen-bond donors (Lipinski definition) is 0. The molecule has 0 aliphatic rings. The lowest BCUT2D eigenvalue weighted by atomic mass is 9.12. The molecule has 0 radical (unpaired) electrons. The molecule has 28 heteroatoms. The zero-order valence-electron chi connectivity index (χ0n) is 34.1. The third kappa shape index (κ3) is 13.7. The summed E-state index contributed by atoms with van der Waals surface area (Å²) in [4.78, 5) is 5.36. The predicted octanol–water partition coefficient (Wildman–Crippen LogP) is 12.3. The molecule has 0 saturated carbocycles. The molecule has 70 heavy (non-hydrogen) atoms. The molecule has 0 atom stereocenters. The summed E-state index contributed by atoms with van der Waals surface area (Å²) in [5.74, 6) is 0. The molecule has 0 fully saturated rings. The molecule has 1 aromatic heterocycles. The topological polar surface area (TPSA) is 36.9 Å². The van der Waals surface area contributed by atoms with Crippen molar-refractivity contribution in [2.24, 2.45) is 0 Å². The molecule has 380 valence electrons. The second-order valence-corrected chi connectivity index (χ2v) is 14.9. The van der Waals surface area contributed by atoms with Gasteiger partial charge in [0.2, 0.25) is 12.4 Å². The number of hydrogen-bond acceptors (Lipinski definition) is 2. The van der Waals surface area contributed by atoms with E-state index in [-0.39, 0.29) is 0 Å². The highest BCUT2D eigenvalue weighted by atomic mass is 19.4. The Hall–Kier alpha value is -6.30. The lowest BCUT2D eigenvalue weighted by Gasteiger charge is -2.46. The molecule has 0 unspecified atom stereocenters. The molecule has 0 N–H and O–H groups in total. The summed E-state index contributed by atoms with van der Waals surface area (Å²) in [6, 6.07) is -0.942. The number of pyridine rings is 1. The average molecular weight is 1040 g/mol. The second-order valence-electron chi connectivity index (χ2n) is 14.9. The molecular weight excluding hydrogens is 1020 g/mol. The molecule has 1 heterocycles. The van der Waals surface area contributed by atoms with Gasteiger partial charge >= 0.3 is 49.4 Å². The first-order chi connectivity index (χ1) is 31.7. The molecule has 0 saturated heterocycles. The van der Waals surface area contributed by atoms with Gasteiger partial charge in [0.1, 0.15) is 6.15 Å². The first-order valence-corrected chi connectivity index (χ1v) is 19.0. The van der Waals surface area contributed by atoms with Gasteiger partial charge in [0.15, 0.2) is 6.61 Å². The number of nitriles is 1. The Labute approximate surface area is 377 Å². The van der Waals surface area contributed by atoms with Crippen molar-refractivity contribution in [3.05, 3.63) is 148 Å². The van der Waals surface area contributed by atoms with Gasteiger partial charge in [0.05, 0.1) is 50.6 Å². The van der Waals surface area contributed by atoms with E-state index < -0.39 is 195 Å². The number of rotatable bonds is 9. The lowest BCUT2D eigenvalue weighted by molar-refractivity contribution is -0.891. The minimum Gasteiger partial charge on any atom is -0.271 e. The van der Waals surface area contributed by atoms with E-state index in [4.69, 9.17) is 10.1 Å². The number of unbranched alkanes of at least 4 members (excludes halogenated alkanes) is 2. The second kappa shape index (κ2) is 19.8. The highest BCUT2D eigenvalue weighted by Crippen LogP contribution is 2.41. The van der Waals surface area contributed by atoms with Crippen LogP contribution in [0.1, 0.15) is 63.8 Å². The Morgan fingerprint density at radius 1 is 0.357 bits per heavy atom. The Balaban J connectivity index is 0.000000707. The molecule has 0 aliphatic heterocycles. The van der Waals surface area contributed by atoms with Crippen LogP contribution in [0.2, 0.25) is 0 Å². The Morgan fingerprint density at radius 2 is 0.586 bits per heavy atom. The standard InChI is InChI=1S/C32H12BF24.C10H13N2O/c34-25(35,36)13-1-14(26(37,38)39)6-21(5-13)33(22-7-15(27(40,41)42)2-16(8-22)28(43,44)45,23-9-17(29(46,47)48)3-18(10-23)30(49,50)51)24-11-19(31(52,53)54)4-20(12-24)32(55,56)57;11-7-3-1-6-10-13-12-8-4-2-5-9-12/h1-12H;2,4-5,8-9H,1,3,6,10H2/q-1;+1. The van der Waals surface area contributed by atoms with Crippen LogP contribution in [0.4, 0.5) is 105 Å². The van der Waals surface area contributed by atoms with Crippen LogP contribution in [0, 0.1) is 11.3 Å². The van der Waals surface area contributed by atoms with Gasteiger partial charge in [0, 0.05) is 23.3 Å². The fourth-order valence-electron chi connectivity index (χ4n) is 7.02. The molecular formula is C42H25BF24N2O. The molecule has 0 amide bonds. The van der Waals surface area contributed by atoms with E-state index in [1.807, 2.05) is 30.6 Å². The van der Waals surface area contributed by atoms with E-state index in [0.29, 0.717) is 13.0 Å². The van der Waals surface area contributed by atoms with Gasteiger partial charge in [-0.2, -0.15) is 132 Å². The third-order valence-electron chi connectivity index (χ3n) is 10.1. The quantitative estimate of drug-likeness (QED) is 0.0638. The van der Waals surface area contributed by atoms with Gasteiger partial charge in [-0.3, -0.25) is 4.84 Å². The van der Waals surface area contributed by atoms with Crippen molar-refractivity contribution in [1.29, 1.82) is 5.26 Å². The minimum atomic E-state index is -6.13. The summed E-state index contributed by atoms with van der Waals surface area (Å²) in [7, 11) is 0. The number of benzene rings is 4. The Morgan fingerprint density at radius 3 is 0.786 bits per heavy atom. The first-order valence-electron chi connectivity index (χ1n) is 19.0. The van der Waals surface area contributed by atoms with Crippen LogP contribution in [0.25, 0.3) is 0 Å². The fourth-order valence-corrected chi connectivity index (χ4v) is 7.02. The summed E-state index contributed by atoms with van der Waals surface area (Å²) >= 11 is 0. The van der Waals surface area contributed by atoms with E-state index in [9.17, 15) is 105 Å². The monoisotopic (exact) mass is 1040 g/mol. The summed E-state index contributed by atoms with van der Waals surface area (Å²) < 4.78 is 342. The lowest BCUT2D eigenvalue weighted by Crippen LogP contribution is -2.75. The number of alkyl halides is 24. The third-order valence-corrected chi connectivity index (χ3v) is 10.1. The molecule has 0 aliphatic carbocycles. The zero-order valence-corrected chi connectivity index (χ0v) is 34.1. The largest absolute Gasteiger partial charge is 0.416 e. The van der Waals surface area contributed by atoms with Crippen molar-refractivity contribution in [3.63, 3.8) is 0 Å². The van der Waals surface area contributed by atoms with E-state index >= 15 is 0 Å². The SMILES string of the molecule is FC(F)(F)c1cc([B-](c2cc(C(F)(F)F)cc(C(F)(F)F)c2)(c2cc(C(F)(F)F)cc(C(F)(F)F)c2)c2cc(C(F)(F)F)cc(C(F)(F)F)c2)cc(C(F)(F)F)c1.N#CCCCCO[n+]1ccccc1. The van der Waals surface area contributed by atoms with Crippen LogP contribution in [0.15, 0.2) is 103 Å². The van der Waals surface area contributed by atoms with E-state index in [1.165, 1.54) is 0 Å². The van der Waals surface area contributed by atoms with Crippen molar-refractivity contribution in [2.75, 3.05) is 6.61 Å². The predicted molar refractivity (Wildman–Crippen MR) is 198 cm³/mol. The molecule has 5 rings (SSSR count). The van der Waals surface area contributed by atoms with Gasteiger partial charge < -0.3 is 0 Å². The van der Waals surface area contributed by atoms with Crippen LogP contribution in [0.3, 0.4) is 0 Å². The normalized spacial score (nSPS) is 13.4. The zero-order chi connectivity index (χ0) is 53.3. The molecule has 5 aromatic rings. The fraction of sp³-hybridized carbons (Fsp3) is 0.286. The van der Waals surface area contributed by atoms with Gasteiger partial charge in [-0.15, -0.1) is 0 Å². The van der Waals surface area contributed by atoms with Crippen LogP contribution in [0.5, 0.6) is 0 Å². The average Bonchev–Trinajstić information content (AvgIpc) is 3.21. The van der Waals surface area contributed by atoms with Crippen molar-refractivity contribution in [2.45, 2.75) is 68.7 Å². The number of aromatic nitrogens is 1. The van der Waals surface area contributed by atoms with Gasteiger partial charge in [-0.1, -0.05) is 54.6 Å². The summed E-state index contributed by atoms with van der Waals surface area (Å²) in [6.07, 6.45) is -48.7. The molecule has 3 nitrogen and oxygen atoms in total. The van der Waals surface area contributed by atoms with Crippen LogP contribution in [-0.4, -0.2) is 12.8 Å². The minimum absolute atomic E-state index is 0.614. The van der Waals surface area contributed by atoms with Crippen LogP contribution >= 0.6 is 0 Å². The van der Waals surface area contributed by atoms with Crippen molar-refractivity contribution < 1.29 is 115 Å². The first kappa shape index (κ1) is 56.3. The number of nitrogens with zero attached hydrogens (tertiary/aromatic N) is 2. The Bertz CT molecular complexity index is 2210. The summed E-state index contributed by atoms with van der Waals surface area (Å²) in [6.45, 7) is 0.663. The molecule has 4 aromatic carbocycles. The van der Waals surface area contributed by atoms with Crippen molar-refractivity contribution >= 4 is 28.0 Å². The number of halogens is 24. The molecule has 0 spiro atoms. The molecule has 0 bridgehead atoms. The summed E-state index contributed by atoms with van der Waals surface area (Å²) in [5, 5.41) is 8.29.